The molecule has 1 aliphatic heterocycles. The molecule has 0 aliphatic carbocycles. The molecular weight excluding hydrogens is 655 g/mol. The molecule has 0 fully saturated rings. The van der Waals surface area contributed by atoms with Crippen LogP contribution < -0.4 is 15.0 Å². The zero-order valence-corrected chi connectivity index (χ0v) is 27.5. The second-order valence-electron chi connectivity index (χ2n) is 10.8. The van der Waals surface area contributed by atoms with Gasteiger partial charge in [-0.25, -0.2) is 4.39 Å². The van der Waals surface area contributed by atoms with Crippen molar-refractivity contribution < 1.29 is 31.7 Å². The zero-order chi connectivity index (χ0) is 33.0. The fraction of sp³-hybridized carbons (Fsp3) is 0.281. The molecule has 10 nitrogen and oxygen atoms in total. The minimum Gasteiger partial charge on any atom is -0.493 e. The van der Waals surface area contributed by atoms with Gasteiger partial charge in [0.1, 0.15) is 17.4 Å². The molecule has 3 aromatic carbocycles. The number of aromatic nitrogens is 2. The summed E-state index contributed by atoms with van der Waals surface area (Å²) in [7, 11) is -4.44. The van der Waals surface area contributed by atoms with Crippen molar-refractivity contribution in [2.24, 2.45) is 0 Å². The van der Waals surface area contributed by atoms with Gasteiger partial charge in [0.25, 0.3) is 16.0 Å². The van der Waals surface area contributed by atoms with Gasteiger partial charge in [0.05, 0.1) is 25.0 Å². The van der Waals surface area contributed by atoms with Gasteiger partial charge < -0.3 is 15.0 Å². The molecule has 0 spiro atoms. The number of ether oxygens (including phenoxy) is 1. The molecule has 0 saturated heterocycles. The average Bonchev–Trinajstić information content (AvgIpc) is 3.49. The standard InChI is InChI=1S/C32H32ClFN4O6S2/c1-20-6-3-9-29(21(20)2)44-12-5-10-30(39)38-11-13-45-31-24(7-4-8-28(31)38)23-16-36-37(17-23)18-25-26(33)14-22(15-27(25)34)32(40)35-19-46(41,42)43/h3-4,6-9,14-17H,5,10-13,18-19H2,1-2H3,(H,35,40)(H,41,42,43). The van der Waals surface area contributed by atoms with Gasteiger partial charge in [0, 0.05) is 57.1 Å². The molecule has 1 aliphatic rings. The molecule has 5 rings (SSSR count). The Labute approximate surface area is 275 Å². The molecule has 2 heterocycles. The van der Waals surface area contributed by atoms with Crippen LogP contribution >= 0.6 is 23.4 Å². The first-order chi connectivity index (χ1) is 21.9. The van der Waals surface area contributed by atoms with Crippen LogP contribution in [-0.4, -0.2) is 59.3 Å². The van der Waals surface area contributed by atoms with E-state index in [9.17, 15) is 18.0 Å². The number of anilines is 1. The molecule has 0 unspecified atom stereocenters. The van der Waals surface area contributed by atoms with Crippen molar-refractivity contribution in [3.63, 3.8) is 0 Å². The van der Waals surface area contributed by atoms with Crippen LogP contribution in [0, 0.1) is 19.7 Å². The van der Waals surface area contributed by atoms with Gasteiger partial charge in [-0.15, -0.1) is 11.8 Å². The van der Waals surface area contributed by atoms with Gasteiger partial charge in [-0.2, -0.15) is 13.5 Å². The number of thioether (sulfide) groups is 1. The van der Waals surface area contributed by atoms with Gasteiger partial charge in [-0.3, -0.25) is 18.8 Å². The van der Waals surface area contributed by atoms with Crippen LogP contribution in [0.15, 0.2) is 65.8 Å². The van der Waals surface area contributed by atoms with Crippen molar-refractivity contribution in [1.29, 1.82) is 0 Å². The number of carbonyl (C=O) groups excluding carboxylic acids is 2. The topological polar surface area (TPSA) is 131 Å². The number of nitrogens with zero attached hydrogens (tertiary/aromatic N) is 3. The predicted octanol–water partition coefficient (Wildman–Crippen LogP) is 5.88. The SMILES string of the molecule is Cc1cccc(OCCCC(=O)N2CCSc3c(-c4cnn(Cc5c(F)cc(C(=O)NCS(=O)(=O)O)cc5Cl)c4)cccc32)c1C. The molecule has 0 atom stereocenters. The second kappa shape index (κ2) is 14.2. The molecular formula is C32H32ClFN4O6S2. The Morgan fingerprint density at radius 3 is 2.72 bits per heavy atom. The lowest BCUT2D eigenvalue weighted by Crippen LogP contribution is -2.35. The predicted molar refractivity (Wildman–Crippen MR) is 176 cm³/mol. The lowest BCUT2D eigenvalue weighted by atomic mass is 10.1. The van der Waals surface area contributed by atoms with Crippen molar-refractivity contribution in [1.82, 2.24) is 15.1 Å². The Bertz CT molecular complexity index is 1880. The summed E-state index contributed by atoms with van der Waals surface area (Å²) in [4.78, 5) is 28.3. The third kappa shape index (κ3) is 7.89. The van der Waals surface area contributed by atoms with Crippen LogP contribution in [0.5, 0.6) is 5.75 Å². The third-order valence-electron chi connectivity index (χ3n) is 7.58. The van der Waals surface area contributed by atoms with E-state index in [1.165, 1.54) is 10.7 Å². The number of fused-ring (bicyclic) bond motifs is 1. The fourth-order valence-corrected chi connectivity index (χ4v) is 6.78. The van der Waals surface area contributed by atoms with E-state index in [4.69, 9.17) is 20.9 Å². The molecule has 4 aromatic rings. The molecule has 14 heteroatoms. The number of rotatable bonds is 11. The lowest BCUT2D eigenvalue weighted by molar-refractivity contribution is -0.118. The number of aryl methyl sites for hydroxylation is 1. The van der Waals surface area contributed by atoms with Gasteiger partial charge in [0.2, 0.25) is 5.91 Å². The molecule has 0 radical (unpaired) electrons. The fourth-order valence-electron chi connectivity index (χ4n) is 5.05. The van der Waals surface area contributed by atoms with E-state index < -0.39 is 27.7 Å². The maximum atomic E-state index is 15.0. The first-order valence-corrected chi connectivity index (χ1v) is 17.4. The molecule has 242 valence electrons. The van der Waals surface area contributed by atoms with Crippen LogP contribution in [0.4, 0.5) is 10.1 Å². The van der Waals surface area contributed by atoms with Gasteiger partial charge in [0.15, 0.2) is 0 Å². The van der Waals surface area contributed by atoms with Gasteiger partial charge in [-0.1, -0.05) is 35.9 Å². The maximum Gasteiger partial charge on any atom is 0.283 e. The first-order valence-electron chi connectivity index (χ1n) is 14.4. The Kier molecular flexibility index (Phi) is 10.4. The smallest absolute Gasteiger partial charge is 0.283 e. The third-order valence-corrected chi connectivity index (χ3v) is 9.53. The first kappa shape index (κ1) is 33.5. The highest BCUT2D eigenvalue weighted by molar-refractivity contribution is 7.99. The summed E-state index contributed by atoms with van der Waals surface area (Å²) in [6.45, 7) is 5.07. The number of amides is 2. The summed E-state index contributed by atoms with van der Waals surface area (Å²) in [6.07, 6.45) is 4.35. The van der Waals surface area contributed by atoms with E-state index in [0.29, 0.717) is 26.0 Å². The maximum absolute atomic E-state index is 15.0. The number of hydrogen-bond donors (Lipinski definition) is 2. The van der Waals surface area contributed by atoms with E-state index in [1.807, 2.05) is 60.5 Å². The number of hydrogen-bond acceptors (Lipinski definition) is 7. The number of halogens is 2. The summed E-state index contributed by atoms with van der Waals surface area (Å²) >= 11 is 7.96. The van der Waals surface area contributed by atoms with E-state index in [-0.39, 0.29) is 28.6 Å². The Morgan fingerprint density at radius 1 is 1.17 bits per heavy atom. The van der Waals surface area contributed by atoms with E-state index in [0.717, 1.165) is 50.4 Å². The average molecular weight is 687 g/mol. The van der Waals surface area contributed by atoms with Crippen molar-refractivity contribution in [3.05, 3.63) is 94.0 Å². The molecule has 2 N–H and O–H groups in total. The molecule has 0 saturated carbocycles. The number of nitrogens with one attached hydrogen (secondary N) is 1. The van der Waals surface area contributed by atoms with Crippen LogP contribution in [0.3, 0.4) is 0 Å². The van der Waals surface area contributed by atoms with Crippen molar-refractivity contribution in [3.8, 4) is 16.9 Å². The van der Waals surface area contributed by atoms with E-state index >= 15 is 4.39 Å². The second-order valence-corrected chi connectivity index (χ2v) is 13.7. The molecule has 0 bridgehead atoms. The van der Waals surface area contributed by atoms with Crippen molar-refractivity contribution in [2.45, 2.75) is 38.1 Å². The van der Waals surface area contributed by atoms with Crippen LogP contribution in [0.2, 0.25) is 5.02 Å². The van der Waals surface area contributed by atoms with Crippen molar-refractivity contribution >= 4 is 51.0 Å². The van der Waals surface area contributed by atoms with E-state index in [2.05, 4.69) is 5.10 Å². The minimum absolute atomic E-state index is 0.0270. The Balaban J connectivity index is 1.26. The van der Waals surface area contributed by atoms with E-state index in [1.54, 1.807) is 24.2 Å². The summed E-state index contributed by atoms with van der Waals surface area (Å²) in [5, 5.41) is 6.33. The zero-order valence-electron chi connectivity index (χ0n) is 25.1. The number of benzene rings is 3. The summed E-state index contributed by atoms with van der Waals surface area (Å²) in [5.74, 6) is -1.11. The van der Waals surface area contributed by atoms with Gasteiger partial charge >= 0.3 is 0 Å². The number of carbonyl (C=O) groups is 2. The Hall–Kier alpha value is -3.91. The lowest BCUT2D eigenvalue weighted by Gasteiger charge is -2.30. The normalized spacial score (nSPS) is 12.9. The van der Waals surface area contributed by atoms with Crippen molar-refractivity contribution in [2.75, 3.05) is 29.7 Å². The highest BCUT2D eigenvalue weighted by Gasteiger charge is 2.25. The molecule has 46 heavy (non-hydrogen) atoms. The summed E-state index contributed by atoms with van der Waals surface area (Å²) < 4.78 is 53.1. The molecule has 2 amide bonds. The quantitative estimate of drug-likeness (QED) is 0.148. The highest BCUT2D eigenvalue weighted by atomic mass is 35.5. The van der Waals surface area contributed by atoms with Crippen LogP contribution in [0.25, 0.3) is 11.1 Å². The van der Waals surface area contributed by atoms with Gasteiger partial charge in [-0.05, 0) is 55.7 Å². The summed E-state index contributed by atoms with van der Waals surface area (Å²) in [6, 6.07) is 13.9. The Morgan fingerprint density at radius 2 is 1.96 bits per heavy atom. The summed E-state index contributed by atoms with van der Waals surface area (Å²) in [5.41, 5.74) is 4.64. The largest absolute Gasteiger partial charge is 0.493 e. The van der Waals surface area contributed by atoms with Crippen LogP contribution in [-0.2, 0) is 21.5 Å². The van der Waals surface area contributed by atoms with Crippen LogP contribution in [0.1, 0.15) is 39.9 Å². The molecule has 1 aromatic heterocycles. The highest BCUT2D eigenvalue weighted by Crippen LogP contribution is 2.42. The monoisotopic (exact) mass is 686 g/mol. The minimum atomic E-state index is -4.44.